The predicted molar refractivity (Wildman–Crippen MR) is 73.8 cm³/mol. The first-order chi connectivity index (χ1) is 9.08. The Morgan fingerprint density at radius 1 is 1.11 bits per heavy atom. The Morgan fingerprint density at radius 2 is 1.74 bits per heavy atom. The van der Waals surface area contributed by atoms with E-state index in [0.29, 0.717) is 17.0 Å². The van der Waals surface area contributed by atoms with E-state index >= 15 is 0 Å². The summed E-state index contributed by atoms with van der Waals surface area (Å²) in [4.78, 5) is 0. The third-order valence-electron chi connectivity index (χ3n) is 4.24. The van der Waals surface area contributed by atoms with Gasteiger partial charge in [-0.3, -0.25) is 0 Å². The van der Waals surface area contributed by atoms with Crippen molar-refractivity contribution < 1.29 is 8.78 Å². The van der Waals surface area contributed by atoms with Gasteiger partial charge >= 0.3 is 0 Å². The molecule has 1 nitrogen and oxygen atoms in total. The summed E-state index contributed by atoms with van der Waals surface area (Å²) in [5.74, 6) is -0.422. The summed E-state index contributed by atoms with van der Waals surface area (Å²) in [6.45, 7) is 1.65. The highest BCUT2D eigenvalue weighted by Gasteiger charge is 2.20. The number of benzene rings is 1. The van der Waals surface area contributed by atoms with Gasteiger partial charge in [-0.1, -0.05) is 38.5 Å². The van der Waals surface area contributed by atoms with Crippen molar-refractivity contribution in [2.24, 2.45) is 11.7 Å². The molecule has 0 heterocycles. The molecule has 1 fully saturated rings. The Balaban J connectivity index is 2.06. The highest BCUT2D eigenvalue weighted by Crippen LogP contribution is 2.31. The van der Waals surface area contributed by atoms with Crippen LogP contribution in [0.5, 0.6) is 0 Å². The molecular weight excluding hydrogens is 244 g/mol. The topological polar surface area (TPSA) is 26.0 Å². The average Bonchev–Trinajstić information content (AvgIpc) is 2.62. The second-order valence-electron chi connectivity index (χ2n) is 5.82. The molecule has 0 amide bonds. The molecule has 106 valence electrons. The standard InChI is InChI=1S/C16H23F2N/c1-11-8-13(15(18)10-14(11)17)16(19)9-12-6-4-2-3-5-7-12/h8,10,12,16H,2-7,9,19H2,1H3. The third kappa shape index (κ3) is 3.75. The molecule has 0 saturated heterocycles. The van der Waals surface area contributed by atoms with Crippen LogP contribution in [0.1, 0.15) is 62.1 Å². The smallest absolute Gasteiger partial charge is 0.130 e. The molecule has 0 bridgehead atoms. The molecule has 1 unspecified atom stereocenters. The molecule has 0 radical (unpaired) electrons. The zero-order chi connectivity index (χ0) is 13.8. The molecule has 1 saturated carbocycles. The van der Waals surface area contributed by atoms with Crippen LogP contribution >= 0.6 is 0 Å². The molecule has 2 rings (SSSR count). The lowest BCUT2D eigenvalue weighted by Crippen LogP contribution is -2.17. The highest BCUT2D eigenvalue weighted by atomic mass is 19.1. The first kappa shape index (κ1) is 14.4. The van der Waals surface area contributed by atoms with Crippen molar-refractivity contribution in [3.63, 3.8) is 0 Å². The summed E-state index contributed by atoms with van der Waals surface area (Å²) < 4.78 is 27.0. The molecule has 2 N–H and O–H groups in total. The van der Waals surface area contributed by atoms with Crippen LogP contribution in [0, 0.1) is 24.5 Å². The normalized spacial score (nSPS) is 19.2. The van der Waals surface area contributed by atoms with E-state index in [1.807, 2.05) is 0 Å². The Morgan fingerprint density at radius 3 is 2.37 bits per heavy atom. The van der Waals surface area contributed by atoms with Crippen molar-refractivity contribution in [1.82, 2.24) is 0 Å². The quantitative estimate of drug-likeness (QED) is 0.794. The number of rotatable bonds is 3. The number of hydrogen-bond donors (Lipinski definition) is 1. The van der Waals surface area contributed by atoms with Crippen LogP contribution in [0.2, 0.25) is 0 Å². The van der Waals surface area contributed by atoms with E-state index in [1.54, 1.807) is 13.0 Å². The van der Waals surface area contributed by atoms with Crippen molar-refractivity contribution in [2.75, 3.05) is 0 Å². The Bertz CT molecular complexity index is 423. The van der Waals surface area contributed by atoms with Gasteiger partial charge in [0.15, 0.2) is 0 Å². The molecule has 19 heavy (non-hydrogen) atoms. The monoisotopic (exact) mass is 267 g/mol. The van der Waals surface area contributed by atoms with Crippen molar-refractivity contribution in [2.45, 2.75) is 57.9 Å². The van der Waals surface area contributed by atoms with Gasteiger partial charge in [0.1, 0.15) is 11.6 Å². The second kappa shape index (κ2) is 6.47. The summed E-state index contributed by atoms with van der Waals surface area (Å²) >= 11 is 0. The van der Waals surface area contributed by atoms with E-state index in [4.69, 9.17) is 5.73 Å². The van der Waals surface area contributed by atoms with Crippen molar-refractivity contribution in [3.05, 3.63) is 34.9 Å². The number of halogens is 2. The number of hydrogen-bond acceptors (Lipinski definition) is 1. The van der Waals surface area contributed by atoms with Gasteiger partial charge in [0.2, 0.25) is 0 Å². The minimum Gasteiger partial charge on any atom is -0.324 e. The second-order valence-corrected chi connectivity index (χ2v) is 5.82. The largest absolute Gasteiger partial charge is 0.324 e. The van der Waals surface area contributed by atoms with E-state index in [9.17, 15) is 8.78 Å². The third-order valence-corrected chi connectivity index (χ3v) is 4.24. The van der Waals surface area contributed by atoms with Crippen LogP contribution in [0.4, 0.5) is 8.78 Å². The van der Waals surface area contributed by atoms with Gasteiger partial charge in [0.05, 0.1) is 0 Å². The van der Waals surface area contributed by atoms with Crippen LogP contribution in [-0.2, 0) is 0 Å². The van der Waals surface area contributed by atoms with Crippen LogP contribution in [0.25, 0.3) is 0 Å². The first-order valence-electron chi connectivity index (χ1n) is 7.29. The number of aryl methyl sites for hydroxylation is 1. The van der Waals surface area contributed by atoms with E-state index in [0.717, 1.165) is 12.5 Å². The zero-order valence-corrected chi connectivity index (χ0v) is 11.6. The minimum atomic E-state index is -0.510. The van der Waals surface area contributed by atoms with Gasteiger partial charge in [0, 0.05) is 17.7 Å². The fraction of sp³-hybridized carbons (Fsp3) is 0.625. The molecule has 0 aromatic heterocycles. The Kier molecular flexibility index (Phi) is 4.92. The van der Waals surface area contributed by atoms with Crippen LogP contribution < -0.4 is 5.73 Å². The maximum Gasteiger partial charge on any atom is 0.130 e. The van der Waals surface area contributed by atoms with Crippen LogP contribution in [0.3, 0.4) is 0 Å². The van der Waals surface area contributed by atoms with Gasteiger partial charge in [-0.15, -0.1) is 0 Å². The molecule has 0 spiro atoms. The van der Waals surface area contributed by atoms with Crippen molar-refractivity contribution in [1.29, 1.82) is 0 Å². The van der Waals surface area contributed by atoms with Gasteiger partial charge < -0.3 is 5.73 Å². The molecule has 1 atom stereocenters. The minimum absolute atomic E-state index is 0.317. The van der Waals surface area contributed by atoms with Crippen molar-refractivity contribution >= 4 is 0 Å². The van der Waals surface area contributed by atoms with E-state index in [2.05, 4.69) is 0 Å². The molecule has 1 aromatic carbocycles. The summed E-state index contributed by atoms with van der Waals surface area (Å²) in [6, 6.07) is 2.20. The molecular formula is C16H23F2N. The van der Waals surface area contributed by atoms with Gasteiger partial charge in [0.25, 0.3) is 0 Å². The van der Waals surface area contributed by atoms with Gasteiger partial charge in [-0.05, 0) is 30.9 Å². The Labute approximate surface area is 114 Å². The molecule has 3 heteroatoms. The Hall–Kier alpha value is -0.960. The zero-order valence-electron chi connectivity index (χ0n) is 11.6. The molecule has 1 aromatic rings. The number of nitrogens with two attached hydrogens (primary N) is 1. The summed E-state index contributed by atoms with van der Waals surface area (Å²) in [5.41, 5.74) is 7.06. The lowest BCUT2D eigenvalue weighted by molar-refractivity contribution is 0.386. The maximum atomic E-state index is 13.8. The van der Waals surface area contributed by atoms with E-state index in [1.165, 1.54) is 38.5 Å². The molecule has 0 aliphatic heterocycles. The summed E-state index contributed by atoms with van der Waals surface area (Å²) in [6.07, 6.45) is 8.29. The van der Waals surface area contributed by atoms with Gasteiger partial charge in [-0.25, -0.2) is 8.78 Å². The lowest BCUT2D eigenvalue weighted by Gasteiger charge is -2.20. The SMILES string of the molecule is Cc1cc(C(N)CC2CCCCCC2)c(F)cc1F. The summed E-state index contributed by atoms with van der Waals surface area (Å²) in [7, 11) is 0. The predicted octanol–water partition coefficient (Wildman–Crippen LogP) is 4.63. The van der Waals surface area contributed by atoms with Crippen LogP contribution in [-0.4, -0.2) is 0 Å². The maximum absolute atomic E-state index is 13.8. The lowest BCUT2D eigenvalue weighted by atomic mass is 9.89. The van der Waals surface area contributed by atoms with Gasteiger partial charge in [-0.2, -0.15) is 0 Å². The van der Waals surface area contributed by atoms with E-state index in [-0.39, 0.29) is 6.04 Å². The van der Waals surface area contributed by atoms with Crippen LogP contribution in [0.15, 0.2) is 12.1 Å². The molecule has 1 aliphatic rings. The molecule has 1 aliphatic carbocycles. The van der Waals surface area contributed by atoms with Crippen molar-refractivity contribution in [3.8, 4) is 0 Å². The van der Waals surface area contributed by atoms with E-state index < -0.39 is 11.6 Å². The fourth-order valence-electron chi connectivity index (χ4n) is 3.05. The first-order valence-corrected chi connectivity index (χ1v) is 7.29. The highest BCUT2D eigenvalue weighted by molar-refractivity contribution is 5.28. The fourth-order valence-corrected chi connectivity index (χ4v) is 3.05. The summed E-state index contributed by atoms with van der Waals surface area (Å²) in [5, 5.41) is 0. The average molecular weight is 267 g/mol.